The maximum absolute atomic E-state index is 11.3. The van der Waals surface area contributed by atoms with Crippen molar-refractivity contribution in [3.05, 3.63) is 0 Å². The summed E-state index contributed by atoms with van der Waals surface area (Å²) >= 11 is 0. The number of hydrogen-bond acceptors (Lipinski definition) is 4. The van der Waals surface area contributed by atoms with Gasteiger partial charge in [-0.2, -0.15) is 0 Å². The molecule has 0 aromatic carbocycles. The first-order valence-corrected chi connectivity index (χ1v) is 5.39. The molecule has 0 aliphatic carbocycles. The predicted molar refractivity (Wildman–Crippen MR) is 62.6 cm³/mol. The zero-order valence-corrected chi connectivity index (χ0v) is 10.9. The van der Waals surface area contributed by atoms with E-state index in [1.165, 1.54) is 0 Å². The molecule has 0 atom stereocenters. The Balaban J connectivity index is 3.86. The van der Waals surface area contributed by atoms with E-state index in [1.807, 2.05) is 13.8 Å². The fourth-order valence-corrected chi connectivity index (χ4v) is 1.01. The van der Waals surface area contributed by atoms with E-state index in [-0.39, 0.29) is 11.5 Å². The third-order valence-corrected chi connectivity index (χ3v) is 2.61. The molecule has 0 heterocycles. The fourth-order valence-electron chi connectivity index (χ4n) is 1.01. The molecule has 0 rings (SSSR count). The van der Waals surface area contributed by atoms with Crippen LogP contribution in [0.4, 0.5) is 0 Å². The number of carbonyl (C=O) groups excluding carboxylic acids is 1. The second-order valence-electron chi connectivity index (χ2n) is 5.12. The van der Waals surface area contributed by atoms with E-state index in [0.29, 0.717) is 13.2 Å². The molecular weight excluding hydrogens is 208 g/mol. The van der Waals surface area contributed by atoms with Crippen molar-refractivity contribution in [2.45, 2.75) is 39.7 Å². The number of carbonyl (C=O) groups is 1. The Hall–Kier alpha value is -0.650. The Labute approximate surface area is 97.6 Å². The van der Waals surface area contributed by atoms with Crippen molar-refractivity contribution >= 4 is 5.91 Å². The van der Waals surface area contributed by atoms with Crippen molar-refractivity contribution in [2.24, 2.45) is 11.3 Å². The minimum atomic E-state index is -0.605. The molecule has 0 unspecified atom stereocenters. The zero-order chi connectivity index (χ0) is 12.8. The Morgan fingerprint density at radius 2 is 1.88 bits per heavy atom. The number of hydrogen-bond donors (Lipinski definition) is 2. The Morgan fingerprint density at radius 3 is 2.31 bits per heavy atom. The molecule has 0 aliphatic heterocycles. The lowest BCUT2D eigenvalue weighted by Crippen LogP contribution is -2.43. The van der Waals surface area contributed by atoms with Crippen molar-refractivity contribution < 1.29 is 14.3 Å². The van der Waals surface area contributed by atoms with E-state index in [9.17, 15) is 4.79 Å². The van der Waals surface area contributed by atoms with Gasteiger partial charge in [0, 0.05) is 13.7 Å². The third-order valence-electron chi connectivity index (χ3n) is 2.61. The lowest BCUT2D eigenvalue weighted by Gasteiger charge is -2.25. The largest absolute Gasteiger partial charge is 0.380 e. The van der Waals surface area contributed by atoms with Crippen molar-refractivity contribution in [2.75, 3.05) is 20.3 Å². The Morgan fingerprint density at radius 1 is 1.31 bits per heavy atom. The monoisotopic (exact) mass is 232 g/mol. The van der Waals surface area contributed by atoms with E-state index < -0.39 is 5.41 Å². The summed E-state index contributed by atoms with van der Waals surface area (Å²) in [5.41, 5.74) is 1.33. The summed E-state index contributed by atoms with van der Waals surface area (Å²) in [6, 6.07) is 0. The molecule has 3 N–H and O–H groups in total. The summed E-state index contributed by atoms with van der Waals surface area (Å²) in [7, 11) is 1.67. The molecule has 0 aromatic heterocycles. The highest BCUT2D eigenvalue weighted by Gasteiger charge is 2.27. The SMILES string of the molecule is COC(C)(C)CCOCC(C)(C)C(=O)NN. The molecule has 0 radical (unpaired) electrons. The first kappa shape index (κ1) is 15.3. The molecule has 96 valence electrons. The van der Waals surface area contributed by atoms with Gasteiger partial charge in [-0.15, -0.1) is 0 Å². The van der Waals surface area contributed by atoms with Crippen LogP contribution in [0, 0.1) is 5.41 Å². The molecule has 0 saturated heterocycles. The van der Waals surface area contributed by atoms with Crippen LogP contribution in [-0.2, 0) is 14.3 Å². The number of methoxy groups -OCH3 is 1. The van der Waals surface area contributed by atoms with Gasteiger partial charge in [0.25, 0.3) is 0 Å². The lowest BCUT2D eigenvalue weighted by molar-refractivity contribution is -0.133. The Kier molecular flexibility index (Phi) is 5.92. The van der Waals surface area contributed by atoms with Crippen LogP contribution in [0.5, 0.6) is 0 Å². The molecular formula is C11H24N2O3. The van der Waals surface area contributed by atoms with Gasteiger partial charge in [-0.3, -0.25) is 10.2 Å². The lowest BCUT2D eigenvalue weighted by atomic mass is 9.94. The van der Waals surface area contributed by atoms with E-state index >= 15 is 0 Å². The van der Waals surface area contributed by atoms with Crippen molar-refractivity contribution in [1.82, 2.24) is 5.43 Å². The molecule has 1 amide bonds. The van der Waals surface area contributed by atoms with Crippen LogP contribution in [0.25, 0.3) is 0 Å². The van der Waals surface area contributed by atoms with E-state index in [2.05, 4.69) is 5.43 Å². The maximum Gasteiger partial charge on any atom is 0.241 e. The van der Waals surface area contributed by atoms with E-state index in [4.69, 9.17) is 15.3 Å². The standard InChI is InChI=1S/C11H24N2O3/c1-10(2,9(14)13-12)8-16-7-6-11(3,4)15-5/h6-8,12H2,1-5H3,(H,13,14). The van der Waals surface area contributed by atoms with Crippen molar-refractivity contribution in [1.29, 1.82) is 0 Å². The van der Waals surface area contributed by atoms with Crippen LogP contribution in [0.1, 0.15) is 34.1 Å². The normalized spacial score (nSPS) is 12.6. The minimum absolute atomic E-state index is 0.194. The van der Waals surface area contributed by atoms with Gasteiger partial charge in [0.1, 0.15) is 0 Å². The van der Waals surface area contributed by atoms with Crippen LogP contribution in [0.2, 0.25) is 0 Å². The Bertz CT molecular complexity index is 227. The van der Waals surface area contributed by atoms with Gasteiger partial charge in [-0.05, 0) is 34.1 Å². The first-order valence-electron chi connectivity index (χ1n) is 5.39. The molecule has 0 aliphatic rings. The van der Waals surface area contributed by atoms with Crippen LogP contribution in [-0.4, -0.2) is 31.8 Å². The molecule has 0 fully saturated rings. The van der Waals surface area contributed by atoms with Gasteiger partial charge in [0.15, 0.2) is 0 Å². The average Bonchev–Trinajstić information content (AvgIpc) is 2.23. The minimum Gasteiger partial charge on any atom is -0.380 e. The van der Waals surface area contributed by atoms with Crippen molar-refractivity contribution in [3.8, 4) is 0 Å². The molecule has 0 spiro atoms. The highest BCUT2D eigenvalue weighted by molar-refractivity contribution is 5.81. The van der Waals surface area contributed by atoms with Gasteiger partial charge < -0.3 is 9.47 Å². The second-order valence-corrected chi connectivity index (χ2v) is 5.12. The number of nitrogens with one attached hydrogen (secondary N) is 1. The number of amides is 1. The van der Waals surface area contributed by atoms with Gasteiger partial charge in [-0.1, -0.05) is 0 Å². The quantitative estimate of drug-likeness (QED) is 0.295. The van der Waals surface area contributed by atoms with E-state index in [1.54, 1.807) is 21.0 Å². The molecule has 0 aromatic rings. The van der Waals surface area contributed by atoms with Crippen molar-refractivity contribution in [3.63, 3.8) is 0 Å². The summed E-state index contributed by atoms with van der Waals surface area (Å²) in [6.07, 6.45) is 0.782. The maximum atomic E-state index is 11.3. The number of ether oxygens (including phenoxy) is 2. The predicted octanol–water partition coefficient (Wildman–Crippen LogP) is 0.834. The third kappa shape index (κ3) is 5.44. The summed E-state index contributed by atoms with van der Waals surface area (Å²) in [5, 5.41) is 0. The molecule has 5 nitrogen and oxygen atoms in total. The summed E-state index contributed by atoms with van der Waals surface area (Å²) in [6.45, 7) is 8.47. The first-order chi connectivity index (χ1) is 7.25. The fraction of sp³-hybridized carbons (Fsp3) is 0.909. The summed E-state index contributed by atoms with van der Waals surface area (Å²) < 4.78 is 10.7. The smallest absolute Gasteiger partial charge is 0.241 e. The zero-order valence-electron chi connectivity index (χ0n) is 10.9. The van der Waals surface area contributed by atoms with E-state index in [0.717, 1.165) is 6.42 Å². The highest BCUT2D eigenvalue weighted by atomic mass is 16.5. The number of hydrazine groups is 1. The topological polar surface area (TPSA) is 73.6 Å². The summed E-state index contributed by atoms with van der Waals surface area (Å²) in [5.74, 6) is 4.85. The van der Waals surface area contributed by atoms with Gasteiger partial charge in [0.2, 0.25) is 5.91 Å². The molecule has 0 saturated carbocycles. The van der Waals surface area contributed by atoms with Gasteiger partial charge in [0.05, 0.1) is 17.6 Å². The molecule has 5 heteroatoms. The van der Waals surface area contributed by atoms with Crippen LogP contribution in [0.15, 0.2) is 0 Å². The second kappa shape index (κ2) is 6.18. The van der Waals surface area contributed by atoms with Crippen LogP contribution < -0.4 is 11.3 Å². The van der Waals surface area contributed by atoms with Crippen LogP contribution >= 0.6 is 0 Å². The average molecular weight is 232 g/mol. The number of nitrogens with two attached hydrogens (primary N) is 1. The van der Waals surface area contributed by atoms with Gasteiger partial charge in [-0.25, -0.2) is 5.84 Å². The summed E-state index contributed by atoms with van der Waals surface area (Å²) in [4.78, 5) is 11.3. The number of rotatable bonds is 7. The molecule has 16 heavy (non-hydrogen) atoms. The van der Waals surface area contributed by atoms with Gasteiger partial charge >= 0.3 is 0 Å². The highest BCUT2D eigenvalue weighted by Crippen LogP contribution is 2.17. The molecule has 0 bridgehead atoms. The van der Waals surface area contributed by atoms with Crippen LogP contribution in [0.3, 0.4) is 0 Å².